The standard InChI is InChI=1S/C14H21N5OS/c1-3-5-10(4-2)17-13(20)11-12(15)18-14(21-11)19-8-6-16-7-9-19/h2,10,16H,3,5-9,15H2,1H3,(H,17,20). The van der Waals surface area contributed by atoms with Gasteiger partial charge in [0.05, 0.1) is 6.04 Å². The molecule has 1 aliphatic heterocycles. The number of nitrogens with two attached hydrogens (primary N) is 1. The normalized spacial score (nSPS) is 16.3. The van der Waals surface area contributed by atoms with Gasteiger partial charge < -0.3 is 21.3 Å². The van der Waals surface area contributed by atoms with E-state index in [0.29, 0.717) is 4.88 Å². The molecule has 1 amide bonds. The Bertz CT molecular complexity index is 530. The summed E-state index contributed by atoms with van der Waals surface area (Å²) in [6, 6.07) is -0.258. The number of thiazole rings is 1. The number of anilines is 2. The number of piperazine rings is 1. The summed E-state index contributed by atoms with van der Waals surface area (Å²) in [7, 11) is 0. The SMILES string of the molecule is C#CC(CCC)NC(=O)c1sc(N2CCNCC2)nc1N. The van der Waals surface area contributed by atoms with Crippen LogP contribution in [-0.4, -0.2) is 43.1 Å². The molecule has 6 nitrogen and oxygen atoms in total. The zero-order chi connectivity index (χ0) is 15.2. The van der Waals surface area contributed by atoms with E-state index in [-0.39, 0.29) is 17.8 Å². The Morgan fingerprint density at radius 3 is 2.95 bits per heavy atom. The molecular formula is C14H21N5OS. The number of nitrogens with one attached hydrogen (secondary N) is 2. The molecule has 0 saturated carbocycles. The lowest BCUT2D eigenvalue weighted by atomic mass is 10.2. The average Bonchev–Trinajstić information content (AvgIpc) is 2.89. The first-order chi connectivity index (χ1) is 10.2. The molecule has 1 atom stereocenters. The number of rotatable bonds is 5. The molecule has 2 heterocycles. The Morgan fingerprint density at radius 1 is 1.62 bits per heavy atom. The first kappa shape index (κ1) is 15.6. The third-order valence-electron chi connectivity index (χ3n) is 3.32. The van der Waals surface area contributed by atoms with Crippen LogP contribution in [0.15, 0.2) is 0 Å². The fourth-order valence-electron chi connectivity index (χ4n) is 2.18. The minimum Gasteiger partial charge on any atom is -0.382 e. The van der Waals surface area contributed by atoms with Crippen LogP contribution in [0.5, 0.6) is 0 Å². The number of carbonyl (C=O) groups excluding carboxylic acids is 1. The van der Waals surface area contributed by atoms with Gasteiger partial charge in [0.25, 0.3) is 5.91 Å². The van der Waals surface area contributed by atoms with Gasteiger partial charge in [-0.15, -0.1) is 6.42 Å². The van der Waals surface area contributed by atoms with E-state index >= 15 is 0 Å². The number of nitrogens with zero attached hydrogens (tertiary/aromatic N) is 2. The molecule has 4 N–H and O–H groups in total. The van der Waals surface area contributed by atoms with Gasteiger partial charge in [-0.1, -0.05) is 30.6 Å². The topological polar surface area (TPSA) is 83.3 Å². The maximum absolute atomic E-state index is 12.3. The zero-order valence-electron chi connectivity index (χ0n) is 12.2. The molecule has 1 aliphatic rings. The van der Waals surface area contributed by atoms with Gasteiger partial charge in [0, 0.05) is 26.2 Å². The van der Waals surface area contributed by atoms with E-state index in [4.69, 9.17) is 12.2 Å². The lowest BCUT2D eigenvalue weighted by Crippen LogP contribution is -2.43. The summed E-state index contributed by atoms with van der Waals surface area (Å²) in [6.07, 6.45) is 7.09. The van der Waals surface area contributed by atoms with Crippen LogP contribution < -0.4 is 21.3 Å². The smallest absolute Gasteiger partial charge is 0.266 e. The molecule has 21 heavy (non-hydrogen) atoms. The summed E-state index contributed by atoms with van der Waals surface area (Å²) in [5, 5.41) is 6.90. The lowest BCUT2D eigenvalue weighted by molar-refractivity contribution is 0.0949. The highest BCUT2D eigenvalue weighted by Crippen LogP contribution is 2.28. The van der Waals surface area contributed by atoms with Gasteiger partial charge in [-0.3, -0.25) is 4.79 Å². The van der Waals surface area contributed by atoms with Crippen LogP contribution in [0, 0.1) is 12.3 Å². The van der Waals surface area contributed by atoms with Crippen molar-refractivity contribution in [2.75, 3.05) is 36.8 Å². The number of amides is 1. The van der Waals surface area contributed by atoms with Crippen molar-refractivity contribution in [2.24, 2.45) is 0 Å². The Hall–Kier alpha value is -1.78. The van der Waals surface area contributed by atoms with Gasteiger partial charge in [-0.05, 0) is 6.42 Å². The third kappa shape index (κ3) is 3.86. The highest BCUT2D eigenvalue weighted by molar-refractivity contribution is 7.18. The summed E-state index contributed by atoms with van der Waals surface area (Å²) in [4.78, 5) is 19.2. The van der Waals surface area contributed by atoms with Gasteiger partial charge in [-0.2, -0.15) is 0 Å². The molecule has 1 aromatic heterocycles. The molecule has 7 heteroatoms. The van der Waals surface area contributed by atoms with Crippen molar-refractivity contribution in [2.45, 2.75) is 25.8 Å². The van der Waals surface area contributed by atoms with E-state index < -0.39 is 0 Å². The fraction of sp³-hybridized carbons (Fsp3) is 0.571. The van der Waals surface area contributed by atoms with Crippen LogP contribution in [0.25, 0.3) is 0 Å². The predicted molar refractivity (Wildman–Crippen MR) is 86.6 cm³/mol. The van der Waals surface area contributed by atoms with Crippen LogP contribution in [-0.2, 0) is 0 Å². The van der Waals surface area contributed by atoms with Crippen molar-refractivity contribution in [1.82, 2.24) is 15.6 Å². The van der Waals surface area contributed by atoms with Gasteiger partial charge in [0.2, 0.25) is 0 Å². The van der Waals surface area contributed by atoms with E-state index in [9.17, 15) is 4.79 Å². The first-order valence-corrected chi connectivity index (χ1v) is 7.96. The van der Waals surface area contributed by atoms with Crippen molar-refractivity contribution in [3.8, 4) is 12.3 Å². The molecular weight excluding hydrogens is 286 g/mol. The Morgan fingerprint density at radius 2 is 2.33 bits per heavy atom. The molecule has 0 radical (unpaired) electrons. The van der Waals surface area contributed by atoms with Crippen LogP contribution in [0.2, 0.25) is 0 Å². The molecule has 1 saturated heterocycles. The second-order valence-electron chi connectivity index (χ2n) is 4.93. The molecule has 2 rings (SSSR count). The minimum atomic E-state index is -0.258. The summed E-state index contributed by atoms with van der Waals surface area (Å²) in [5.41, 5.74) is 5.88. The molecule has 0 aliphatic carbocycles. The predicted octanol–water partition coefficient (Wildman–Crippen LogP) is 0.667. The summed E-state index contributed by atoms with van der Waals surface area (Å²) < 4.78 is 0. The van der Waals surface area contributed by atoms with Gasteiger partial charge >= 0.3 is 0 Å². The second-order valence-corrected chi connectivity index (χ2v) is 5.91. The van der Waals surface area contributed by atoms with Crippen LogP contribution in [0.3, 0.4) is 0 Å². The van der Waals surface area contributed by atoms with Crippen molar-refractivity contribution in [3.05, 3.63) is 4.88 Å². The van der Waals surface area contributed by atoms with Gasteiger partial charge in [0.15, 0.2) is 5.13 Å². The number of aromatic nitrogens is 1. The molecule has 1 aromatic rings. The lowest BCUT2D eigenvalue weighted by Gasteiger charge is -2.26. The number of terminal acetylenes is 1. The maximum atomic E-state index is 12.3. The number of hydrogen-bond donors (Lipinski definition) is 3. The van der Waals surface area contributed by atoms with Crippen LogP contribution >= 0.6 is 11.3 Å². The minimum absolute atomic E-state index is 0.234. The van der Waals surface area contributed by atoms with Crippen LogP contribution in [0.1, 0.15) is 29.4 Å². The fourth-order valence-corrected chi connectivity index (χ4v) is 3.12. The van der Waals surface area contributed by atoms with E-state index in [1.54, 1.807) is 0 Å². The Kier molecular flexibility index (Phi) is 5.42. The van der Waals surface area contributed by atoms with Gasteiger partial charge in [0.1, 0.15) is 10.7 Å². The van der Waals surface area contributed by atoms with E-state index in [1.165, 1.54) is 11.3 Å². The Labute approximate surface area is 129 Å². The molecule has 0 aromatic carbocycles. The third-order valence-corrected chi connectivity index (χ3v) is 4.45. The molecule has 0 spiro atoms. The van der Waals surface area contributed by atoms with E-state index in [2.05, 4.69) is 26.4 Å². The number of carbonyl (C=O) groups is 1. The van der Waals surface area contributed by atoms with Crippen molar-refractivity contribution in [1.29, 1.82) is 0 Å². The summed E-state index contributed by atoms with van der Waals surface area (Å²) in [5.74, 6) is 2.63. The van der Waals surface area contributed by atoms with Gasteiger partial charge in [-0.25, -0.2) is 4.98 Å². The highest BCUT2D eigenvalue weighted by Gasteiger charge is 2.21. The number of nitrogen functional groups attached to an aromatic ring is 1. The Balaban J connectivity index is 2.07. The van der Waals surface area contributed by atoms with E-state index in [0.717, 1.165) is 44.2 Å². The summed E-state index contributed by atoms with van der Waals surface area (Å²) >= 11 is 1.33. The first-order valence-electron chi connectivity index (χ1n) is 7.14. The average molecular weight is 307 g/mol. The number of hydrogen-bond acceptors (Lipinski definition) is 6. The molecule has 0 bridgehead atoms. The molecule has 1 fully saturated rings. The molecule has 1 unspecified atom stereocenters. The van der Waals surface area contributed by atoms with E-state index in [1.807, 2.05) is 6.92 Å². The highest BCUT2D eigenvalue weighted by atomic mass is 32.1. The monoisotopic (exact) mass is 307 g/mol. The second kappa shape index (κ2) is 7.29. The van der Waals surface area contributed by atoms with Crippen molar-refractivity contribution >= 4 is 28.2 Å². The summed E-state index contributed by atoms with van der Waals surface area (Å²) in [6.45, 7) is 5.60. The zero-order valence-corrected chi connectivity index (χ0v) is 13.0. The molecule has 114 valence electrons. The quantitative estimate of drug-likeness (QED) is 0.696. The van der Waals surface area contributed by atoms with Crippen molar-refractivity contribution < 1.29 is 4.79 Å². The maximum Gasteiger partial charge on any atom is 0.266 e. The van der Waals surface area contributed by atoms with Crippen molar-refractivity contribution in [3.63, 3.8) is 0 Å². The van der Waals surface area contributed by atoms with Crippen LogP contribution in [0.4, 0.5) is 10.9 Å². The largest absolute Gasteiger partial charge is 0.382 e.